The van der Waals surface area contributed by atoms with E-state index in [9.17, 15) is 27.2 Å². The minimum atomic E-state index is -3.16. The smallest absolute Gasteiger partial charge is 0.387 e. The summed E-state index contributed by atoms with van der Waals surface area (Å²) in [4.78, 5) is 42.2. The number of alkyl halides is 4. The minimum Gasteiger partial charge on any atom is -0.497 e. The molecule has 0 radical (unpaired) electrons. The van der Waals surface area contributed by atoms with Gasteiger partial charge in [-0.1, -0.05) is 35.8 Å². The van der Waals surface area contributed by atoms with Crippen molar-refractivity contribution in [2.24, 2.45) is 0 Å². The maximum absolute atomic E-state index is 13.6. The number of hydrogen-bond donors (Lipinski definition) is 2. The van der Waals surface area contributed by atoms with Gasteiger partial charge in [-0.05, 0) is 60.5 Å². The maximum Gasteiger partial charge on any atom is 0.387 e. The number of halogens is 5. The summed E-state index contributed by atoms with van der Waals surface area (Å²) in [7, 11) is 1.51. The summed E-state index contributed by atoms with van der Waals surface area (Å²) < 4.78 is 72.6. The van der Waals surface area contributed by atoms with Gasteiger partial charge in [0.1, 0.15) is 30.2 Å². The van der Waals surface area contributed by atoms with Gasteiger partial charge in [-0.3, -0.25) is 4.79 Å². The van der Waals surface area contributed by atoms with Crippen LogP contribution < -0.4 is 25.3 Å². The molecule has 0 saturated heterocycles. The first-order chi connectivity index (χ1) is 26.1. The third-order valence-electron chi connectivity index (χ3n) is 7.20. The molecule has 2 heterocycles. The highest BCUT2D eigenvalue weighted by molar-refractivity contribution is 5.95. The number of carbonyl (C=O) groups excluding carboxylic acids is 2. The Morgan fingerprint density at radius 1 is 0.764 bits per heavy atom. The Kier molecular flexibility index (Phi) is 14.7. The van der Waals surface area contributed by atoms with Crippen molar-refractivity contribution in [2.45, 2.75) is 25.7 Å². The van der Waals surface area contributed by atoms with Gasteiger partial charge in [0.2, 0.25) is 5.95 Å². The van der Waals surface area contributed by atoms with Crippen LogP contribution >= 0.6 is 12.4 Å². The molecule has 0 aliphatic carbocycles. The Bertz CT molecular complexity index is 2210. The van der Waals surface area contributed by atoms with Crippen LogP contribution in [0.2, 0.25) is 0 Å². The number of amides is 1. The second-order valence-electron chi connectivity index (χ2n) is 11.0. The second-order valence-corrected chi connectivity index (χ2v) is 11.0. The van der Waals surface area contributed by atoms with E-state index in [1.165, 1.54) is 68.6 Å². The SMILES string of the molecule is COc1ccc(C[C@@H](COC(=O)c2ccc(OC(F)F)c(C#Cc3cncnc3)c2)NC(=O)c2ccc(OC(F)F)c(C#Cc3cnc(N)nc3)c2)cc1.Cl. The van der Waals surface area contributed by atoms with Gasteiger partial charge in [-0.25, -0.2) is 24.7 Å². The number of esters is 1. The highest BCUT2D eigenvalue weighted by Crippen LogP contribution is 2.24. The largest absolute Gasteiger partial charge is 0.497 e. The lowest BCUT2D eigenvalue weighted by atomic mass is 10.0. The first-order valence-electron chi connectivity index (χ1n) is 15.7. The van der Waals surface area contributed by atoms with Crippen molar-refractivity contribution in [3.63, 3.8) is 0 Å². The standard InChI is InChI=1S/C38H28F4N6O6.ClH/c1-51-31-10-4-23(5-11-31)14-30(21-52-35(50)29-9-13-33(54-37(41)42)27(16-29)6-2-24-17-44-22-45-18-24)48-34(49)28-8-12-32(53-36(39)40)26(15-28)7-3-25-19-46-38(43)47-20-25;/h4-5,8-13,15-20,22,30,36-37H,14,21H2,1H3,(H,48,49)(H2,43,46,47);1H/t30-;/m0./s1. The van der Waals surface area contributed by atoms with Gasteiger partial charge in [-0.2, -0.15) is 17.6 Å². The van der Waals surface area contributed by atoms with Crippen molar-refractivity contribution in [1.82, 2.24) is 25.3 Å². The average molecular weight is 777 g/mol. The Morgan fingerprint density at radius 3 is 1.87 bits per heavy atom. The molecule has 0 spiro atoms. The molecule has 17 heteroatoms. The van der Waals surface area contributed by atoms with Crippen LogP contribution in [0.3, 0.4) is 0 Å². The van der Waals surface area contributed by atoms with Gasteiger partial charge in [-0.15, -0.1) is 12.4 Å². The van der Waals surface area contributed by atoms with E-state index in [2.05, 4.69) is 58.4 Å². The number of rotatable bonds is 12. The predicted octanol–water partition coefficient (Wildman–Crippen LogP) is 5.48. The third kappa shape index (κ3) is 12.3. The lowest BCUT2D eigenvalue weighted by molar-refractivity contribution is -0.0507. The molecule has 0 fully saturated rings. The number of aromatic nitrogens is 4. The van der Waals surface area contributed by atoms with E-state index in [1.807, 2.05) is 0 Å². The molecule has 0 aliphatic heterocycles. The topological polar surface area (TPSA) is 161 Å². The number of nitrogens with two attached hydrogens (primary N) is 1. The van der Waals surface area contributed by atoms with E-state index in [1.54, 1.807) is 24.3 Å². The summed E-state index contributed by atoms with van der Waals surface area (Å²) in [6.07, 6.45) is 6.98. The number of ether oxygens (including phenoxy) is 4. The van der Waals surface area contributed by atoms with Gasteiger partial charge in [0.25, 0.3) is 5.91 Å². The van der Waals surface area contributed by atoms with Crippen LogP contribution in [0.5, 0.6) is 17.2 Å². The van der Waals surface area contributed by atoms with Gasteiger partial charge in [0, 0.05) is 30.4 Å². The van der Waals surface area contributed by atoms with E-state index in [0.29, 0.717) is 16.9 Å². The van der Waals surface area contributed by atoms with Crippen molar-refractivity contribution in [3.8, 4) is 40.9 Å². The molecule has 55 heavy (non-hydrogen) atoms. The number of benzene rings is 3. The molecule has 0 unspecified atom stereocenters. The lowest BCUT2D eigenvalue weighted by Gasteiger charge is -2.20. The number of hydrogen-bond acceptors (Lipinski definition) is 11. The summed E-state index contributed by atoms with van der Waals surface area (Å²) in [5, 5.41) is 2.81. The Hall–Kier alpha value is -6.91. The van der Waals surface area contributed by atoms with Crippen LogP contribution in [0.4, 0.5) is 23.5 Å². The van der Waals surface area contributed by atoms with Crippen molar-refractivity contribution in [1.29, 1.82) is 0 Å². The molecule has 0 aliphatic rings. The van der Waals surface area contributed by atoms with Crippen molar-refractivity contribution in [2.75, 3.05) is 19.5 Å². The zero-order chi connectivity index (χ0) is 38.5. The first kappa shape index (κ1) is 40.9. The highest BCUT2D eigenvalue weighted by Gasteiger charge is 2.21. The normalized spacial score (nSPS) is 10.8. The molecular weight excluding hydrogens is 748 g/mol. The summed E-state index contributed by atoms with van der Waals surface area (Å²) >= 11 is 0. The molecule has 282 valence electrons. The van der Waals surface area contributed by atoms with E-state index >= 15 is 0 Å². The zero-order valence-corrected chi connectivity index (χ0v) is 29.4. The average Bonchev–Trinajstić information content (AvgIpc) is 3.17. The van der Waals surface area contributed by atoms with E-state index in [-0.39, 0.29) is 65.1 Å². The van der Waals surface area contributed by atoms with Gasteiger partial charge < -0.3 is 30.0 Å². The van der Waals surface area contributed by atoms with Crippen molar-refractivity contribution < 1.29 is 46.1 Å². The fourth-order valence-electron chi connectivity index (χ4n) is 4.69. The molecule has 1 amide bonds. The molecular formula is C38H29ClF4N6O6. The lowest BCUT2D eigenvalue weighted by Crippen LogP contribution is -2.40. The predicted molar refractivity (Wildman–Crippen MR) is 192 cm³/mol. The minimum absolute atomic E-state index is 0. The number of nitrogens with zero attached hydrogens (tertiary/aromatic N) is 4. The molecule has 1 atom stereocenters. The van der Waals surface area contributed by atoms with Crippen LogP contribution in [0.15, 0.2) is 91.8 Å². The first-order valence-corrected chi connectivity index (χ1v) is 15.7. The molecule has 3 aromatic carbocycles. The number of nitrogens with one attached hydrogen (secondary N) is 1. The van der Waals surface area contributed by atoms with Crippen molar-refractivity contribution >= 4 is 30.2 Å². The molecule has 0 saturated carbocycles. The van der Waals surface area contributed by atoms with Crippen LogP contribution in [0.25, 0.3) is 0 Å². The number of anilines is 1. The van der Waals surface area contributed by atoms with E-state index < -0.39 is 31.1 Å². The Morgan fingerprint density at radius 2 is 1.31 bits per heavy atom. The number of carbonyl (C=O) groups is 2. The second kappa shape index (κ2) is 19.8. The third-order valence-corrected chi connectivity index (χ3v) is 7.20. The summed E-state index contributed by atoms with van der Waals surface area (Å²) in [5.41, 5.74) is 6.89. The molecule has 5 aromatic rings. The Balaban J connectivity index is 0.00000673. The summed E-state index contributed by atoms with van der Waals surface area (Å²) in [6, 6.07) is 13.5. The molecule has 12 nitrogen and oxygen atoms in total. The van der Waals surface area contributed by atoms with Crippen LogP contribution in [0.1, 0.15) is 48.5 Å². The monoisotopic (exact) mass is 776 g/mol. The molecule has 5 rings (SSSR count). The number of methoxy groups -OCH3 is 1. The fourth-order valence-corrected chi connectivity index (χ4v) is 4.69. The van der Waals surface area contributed by atoms with Crippen molar-refractivity contribution in [3.05, 3.63) is 131 Å². The quantitative estimate of drug-likeness (QED) is 0.0939. The Labute approximate surface area is 317 Å². The molecule has 3 N–H and O–H groups in total. The van der Waals surface area contributed by atoms with Gasteiger partial charge >= 0.3 is 19.2 Å². The van der Waals surface area contributed by atoms with Crippen LogP contribution in [-0.4, -0.2) is 64.8 Å². The summed E-state index contributed by atoms with van der Waals surface area (Å²) in [6.45, 7) is -6.66. The highest BCUT2D eigenvalue weighted by atomic mass is 35.5. The van der Waals surface area contributed by atoms with E-state index in [4.69, 9.17) is 15.2 Å². The van der Waals surface area contributed by atoms with Crippen LogP contribution in [-0.2, 0) is 11.2 Å². The van der Waals surface area contributed by atoms with Gasteiger partial charge in [0.05, 0.1) is 41.0 Å². The number of nitrogen functional groups attached to an aromatic ring is 1. The molecule has 2 aromatic heterocycles. The van der Waals surface area contributed by atoms with E-state index in [0.717, 1.165) is 11.6 Å². The fraction of sp³-hybridized carbons (Fsp3) is 0.158. The van der Waals surface area contributed by atoms with Crippen LogP contribution in [0, 0.1) is 23.7 Å². The summed E-state index contributed by atoms with van der Waals surface area (Å²) in [5.74, 6) is 9.38. The maximum atomic E-state index is 13.6. The van der Waals surface area contributed by atoms with Gasteiger partial charge in [0.15, 0.2) is 0 Å². The zero-order valence-electron chi connectivity index (χ0n) is 28.5. The molecule has 0 bridgehead atoms.